The molecule has 0 fully saturated rings. The fourth-order valence-electron chi connectivity index (χ4n) is 2.53. The topological polar surface area (TPSA) is 21.3 Å². The van der Waals surface area contributed by atoms with Gasteiger partial charge < -0.3 is 10.1 Å². The summed E-state index contributed by atoms with van der Waals surface area (Å²) in [4.78, 5) is 0. The lowest BCUT2D eigenvalue weighted by atomic mass is 10.1. The molecule has 3 rings (SSSR count). The van der Waals surface area contributed by atoms with Crippen molar-refractivity contribution in [2.75, 3.05) is 0 Å². The monoisotopic (exact) mass is 459 g/mol. The quantitative estimate of drug-likeness (QED) is 0.434. The van der Waals surface area contributed by atoms with Crippen LogP contribution in [0.1, 0.15) is 24.1 Å². The van der Waals surface area contributed by atoms with Crippen LogP contribution in [0.5, 0.6) is 11.5 Å². The highest BCUT2D eigenvalue weighted by Crippen LogP contribution is 2.27. The summed E-state index contributed by atoms with van der Waals surface area (Å²) in [6, 6.07) is 24.5. The van der Waals surface area contributed by atoms with E-state index in [-0.39, 0.29) is 6.04 Å². The molecule has 0 radical (unpaired) electrons. The summed E-state index contributed by atoms with van der Waals surface area (Å²) in [5.41, 5.74) is 2.47. The molecule has 1 atom stereocenters. The summed E-state index contributed by atoms with van der Waals surface area (Å²) in [6.45, 7) is 2.97. The molecule has 128 valence electrons. The molecule has 0 aliphatic rings. The van der Waals surface area contributed by atoms with Gasteiger partial charge in [0.15, 0.2) is 0 Å². The molecule has 0 spiro atoms. The van der Waals surface area contributed by atoms with Gasteiger partial charge in [0.05, 0.1) is 0 Å². The SMILES string of the molecule is CC(NCc1ccc(Oc2ccccc2)cc1)c1ccc(Br)cc1Br. The Kier molecular flexibility index (Phi) is 6.29. The minimum Gasteiger partial charge on any atom is -0.457 e. The van der Waals surface area contributed by atoms with E-state index in [4.69, 9.17) is 4.74 Å². The van der Waals surface area contributed by atoms with Gasteiger partial charge in [-0.1, -0.05) is 68.3 Å². The maximum Gasteiger partial charge on any atom is 0.127 e. The van der Waals surface area contributed by atoms with E-state index in [0.29, 0.717) is 0 Å². The molecule has 0 saturated heterocycles. The van der Waals surface area contributed by atoms with Crippen LogP contribution in [0.4, 0.5) is 0 Å². The van der Waals surface area contributed by atoms with Gasteiger partial charge in [-0.25, -0.2) is 0 Å². The van der Waals surface area contributed by atoms with Crippen LogP contribution in [-0.2, 0) is 6.54 Å². The number of hydrogen-bond acceptors (Lipinski definition) is 2. The first kappa shape index (κ1) is 18.2. The number of rotatable bonds is 6. The molecule has 4 heteroatoms. The fraction of sp³-hybridized carbons (Fsp3) is 0.143. The van der Waals surface area contributed by atoms with Crippen LogP contribution in [0, 0.1) is 0 Å². The summed E-state index contributed by atoms with van der Waals surface area (Å²) in [5.74, 6) is 1.70. The summed E-state index contributed by atoms with van der Waals surface area (Å²) in [6.07, 6.45) is 0. The van der Waals surface area contributed by atoms with Crippen LogP contribution in [0.25, 0.3) is 0 Å². The summed E-state index contributed by atoms with van der Waals surface area (Å²) in [5, 5.41) is 3.56. The van der Waals surface area contributed by atoms with Crippen LogP contribution in [-0.4, -0.2) is 0 Å². The molecule has 0 aliphatic heterocycles. The molecule has 0 saturated carbocycles. The smallest absolute Gasteiger partial charge is 0.127 e. The largest absolute Gasteiger partial charge is 0.457 e. The van der Waals surface area contributed by atoms with E-state index in [0.717, 1.165) is 27.0 Å². The van der Waals surface area contributed by atoms with Gasteiger partial charge in [0.25, 0.3) is 0 Å². The lowest BCUT2D eigenvalue weighted by molar-refractivity contribution is 0.482. The van der Waals surface area contributed by atoms with Crippen LogP contribution in [0.3, 0.4) is 0 Å². The van der Waals surface area contributed by atoms with Gasteiger partial charge in [0.1, 0.15) is 11.5 Å². The zero-order valence-electron chi connectivity index (χ0n) is 13.9. The average Bonchev–Trinajstić information content (AvgIpc) is 2.62. The van der Waals surface area contributed by atoms with Crippen molar-refractivity contribution in [2.45, 2.75) is 19.5 Å². The first-order valence-corrected chi connectivity index (χ1v) is 9.70. The number of para-hydroxylation sites is 1. The molecular weight excluding hydrogens is 442 g/mol. The number of benzene rings is 3. The van der Waals surface area contributed by atoms with Gasteiger partial charge in [-0.2, -0.15) is 0 Å². The highest BCUT2D eigenvalue weighted by Gasteiger charge is 2.09. The third-order valence-electron chi connectivity index (χ3n) is 3.94. The Morgan fingerprint density at radius 2 is 1.56 bits per heavy atom. The minimum absolute atomic E-state index is 0.253. The lowest BCUT2D eigenvalue weighted by Gasteiger charge is -2.16. The van der Waals surface area contributed by atoms with E-state index in [1.807, 2.05) is 42.5 Å². The predicted octanol–water partition coefficient (Wildman–Crippen LogP) is 6.85. The van der Waals surface area contributed by atoms with Crippen molar-refractivity contribution in [3.8, 4) is 11.5 Å². The summed E-state index contributed by atoms with van der Waals surface area (Å²) in [7, 11) is 0. The number of ether oxygens (including phenoxy) is 1. The molecule has 0 aromatic heterocycles. The maximum atomic E-state index is 5.82. The van der Waals surface area contributed by atoms with Crippen molar-refractivity contribution in [1.82, 2.24) is 5.32 Å². The Morgan fingerprint density at radius 1 is 0.880 bits per heavy atom. The zero-order valence-corrected chi connectivity index (χ0v) is 17.0. The van der Waals surface area contributed by atoms with Gasteiger partial charge in [-0.15, -0.1) is 0 Å². The van der Waals surface area contributed by atoms with Crippen LogP contribution >= 0.6 is 31.9 Å². The number of nitrogens with one attached hydrogen (secondary N) is 1. The van der Waals surface area contributed by atoms with E-state index < -0.39 is 0 Å². The molecule has 0 heterocycles. The predicted molar refractivity (Wildman–Crippen MR) is 110 cm³/mol. The van der Waals surface area contributed by atoms with Crippen LogP contribution in [0.2, 0.25) is 0 Å². The first-order valence-electron chi connectivity index (χ1n) is 8.12. The van der Waals surface area contributed by atoms with Crippen molar-refractivity contribution >= 4 is 31.9 Å². The Labute approximate surface area is 165 Å². The second kappa shape index (κ2) is 8.65. The molecule has 0 bridgehead atoms. The Balaban J connectivity index is 1.58. The lowest BCUT2D eigenvalue weighted by Crippen LogP contribution is -2.18. The number of halogens is 2. The van der Waals surface area contributed by atoms with Crippen molar-refractivity contribution in [3.63, 3.8) is 0 Å². The number of hydrogen-bond donors (Lipinski definition) is 1. The third-order valence-corrected chi connectivity index (χ3v) is 5.12. The molecule has 25 heavy (non-hydrogen) atoms. The van der Waals surface area contributed by atoms with E-state index in [1.54, 1.807) is 0 Å². The van der Waals surface area contributed by atoms with Crippen LogP contribution in [0.15, 0.2) is 81.7 Å². The van der Waals surface area contributed by atoms with Gasteiger partial charge >= 0.3 is 0 Å². The first-order chi connectivity index (χ1) is 12.1. The van der Waals surface area contributed by atoms with Gasteiger partial charge in [0.2, 0.25) is 0 Å². The normalized spacial score (nSPS) is 12.0. The molecule has 3 aromatic rings. The molecular formula is C21H19Br2NO. The molecule has 2 nitrogen and oxygen atoms in total. The Morgan fingerprint density at radius 3 is 2.24 bits per heavy atom. The second-order valence-electron chi connectivity index (χ2n) is 5.83. The summed E-state index contributed by atoms with van der Waals surface area (Å²) < 4.78 is 8.00. The van der Waals surface area contributed by atoms with Gasteiger partial charge in [-0.3, -0.25) is 0 Å². The molecule has 1 unspecified atom stereocenters. The fourth-order valence-corrected chi connectivity index (χ4v) is 3.92. The van der Waals surface area contributed by atoms with Gasteiger partial charge in [0, 0.05) is 21.5 Å². The standard InChI is InChI=1S/C21H19Br2NO/c1-15(20-12-9-17(22)13-21(20)23)24-14-16-7-10-19(11-8-16)25-18-5-3-2-4-6-18/h2-13,15,24H,14H2,1H3. The Bertz CT molecular complexity index is 819. The van der Waals surface area contributed by atoms with E-state index in [1.165, 1.54) is 11.1 Å². The van der Waals surface area contributed by atoms with E-state index >= 15 is 0 Å². The maximum absolute atomic E-state index is 5.82. The summed E-state index contributed by atoms with van der Waals surface area (Å²) >= 11 is 7.12. The van der Waals surface area contributed by atoms with Gasteiger partial charge in [-0.05, 0) is 54.4 Å². The van der Waals surface area contributed by atoms with E-state index in [2.05, 4.69) is 74.4 Å². The molecule has 3 aromatic carbocycles. The molecule has 0 amide bonds. The highest BCUT2D eigenvalue weighted by atomic mass is 79.9. The second-order valence-corrected chi connectivity index (χ2v) is 7.60. The zero-order chi connectivity index (χ0) is 17.6. The molecule has 1 N–H and O–H groups in total. The minimum atomic E-state index is 0.253. The van der Waals surface area contributed by atoms with Crippen molar-refractivity contribution in [3.05, 3.63) is 92.9 Å². The van der Waals surface area contributed by atoms with Crippen LogP contribution < -0.4 is 10.1 Å². The average molecular weight is 461 g/mol. The van der Waals surface area contributed by atoms with Crippen molar-refractivity contribution < 1.29 is 4.74 Å². The highest BCUT2D eigenvalue weighted by molar-refractivity contribution is 9.11. The van der Waals surface area contributed by atoms with Crippen molar-refractivity contribution in [1.29, 1.82) is 0 Å². The third kappa shape index (κ3) is 5.18. The van der Waals surface area contributed by atoms with Crippen molar-refractivity contribution in [2.24, 2.45) is 0 Å². The molecule has 0 aliphatic carbocycles. The van der Waals surface area contributed by atoms with E-state index in [9.17, 15) is 0 Å². The Hall–Kier alpha value is -1.62.